The van der Waals surface area contributed by atoms with E-state index < -0.39 is 0 Å². The molecule has 1 aromatic carbocycles. The molecule has 0 fully saturated rings. The highest BCUT2D eigenvalue weighted by Gasteiger charge is 2.00. The summed E-state index contributed by atoms with van der Waals surface area (Å²) in [7, 11) is 0. The fourth-order valence-corrected chi connectivity index (χ4v) is 1.62. The van der Waals surface area contributed by atoms with Crippen LogP contribution >= 0.6 is 0 Å². The first-order valence-electron chi connectivity index (χ1n) is 5.61. The Morgan fingerprint density at radius 2 is 2.12 bits per heavy atom. The summed E-state index contributed by atoms with van der Waals surface area (Å²) >= 11 is 0. The largest absolute Gasteiger partial charge is 0.399 e. The van der Waals surface area contributed by atoms with E-state index in [1.807, 2.05) is 24.3 Å². The van der Waals surface area contributed by atoms with Crippen LogP contribution in [0.3, 0.4) is 0 Å². The van der Waals surface area contributed by atoms with E-state index in [1.165, 1.54) is 6.21 Å². The molecule has 1 aromatic rings. The van der Waals surface area contributed by atoms with Crippen molar-refractivity contribution < 1.29 is 0 Å². The molecular weight excluding hydrogens is 210 g/mol. The Labute approximate surface area is 102 Å². The molecule has 0 aliphatic carbocycles. The smallest absolute Gasteiger partial charge is 0.0367 e. The molecule has 0 radical (unpaired) electrons. The summed E-state index contributed by atoms with van der Waals surface area (Å²) in [6.45, 7) is 3.77. The summed E-state index contributed by atoms with van der Waals surface area (Å²) in [5.74, 6) is 0. The van der Waals surface area contributed by atoms with Crippen molar-refractivity contribution in [3.8, 4) is 0 Å². The lowest BCUT2D eigenvalue weighted by atomic mass is 10.0. The molecule has 0 saturated carbocycles. The van der Waals surface area contributed by atoms with Crippen LogP contribution in [0.2, 0.25) is 0 Å². The van der Waals surface area contributed by atoms with Crippen LogP contribution in [0, 0.1) is 5.41 Å². The Bertz CT molecular complexity index is 433. The molecule has 0 aromatic heterocycles. The summed E-state index contributed by atoms with van der Waals surface area (Å²) in [6.07, 6.45) is 7.61. The Morgan fingerprint density at radius 1 is 1.35 bits per heavy atom. The number of nitrogens with one attached hydrogen (secondary N) is 1. The molecule has 0 spiro atoms. The topological polar surface area (TPSA) is 75.9 Å². The molecule has 0 amide bonds. The Balaban J connectivity index is 2.65. The second-order valence-corrected chi connectivity index (χ2v) is 3.88. The van der Waals surface area contributed by atoms with Gasteiger partial charge in [0.1, 0.15) is 0 Å². The van der Waals surface area contributed by atoms with Crippen LogP contribution in [0.5, 0.6) is 0 Å². The highest BCUT2D eigenvalue weighted by Crippen LogP contribution is 2.19. The van der Waals surface area contributed by atoms with Crippen LogP contribution in [0.25, 0.3) is 0 Å². The molecule has 17 heavy (non-hydrogen) atoms. The van der Waals surface area contributed by atoms with Gasteiger partial charge in [-0.25, -0.2) is 0 Å². The molecule has 0 heterocycles. The van der Waals surface area contributed by atoms with Gasteiger partial charge in [-0.2, -0.15) is 0 Å². The first kappa shape index (κ1) is 13.0. The van der Waals surface area contributed by atoms with Crippen LogP contribution in [-0.4, -0.2) is 6.21 Å². The molecule has 3 heteroatoms. The maximum atomic E-state index is 6.99. The quantitative estimate of drug-likeness (QED) is 0.398. The van der Waals surface area contributed by atoms with Gasteiger partial charge in [-0.05, 0) is 36.8 Å². The summed E-state index contributed by atoms with van der Waals surface area (Å²) in [6, 6.07) is 5.60. The molecule has 0 atom stereocenters. The summed E-state index contributed by atoms with van der Waals surface area (Å²) in [5, 5.41) is 6.99. The second kappa shape index (κ2) is 6.53. The zero-order chi connectivity index (χ0) is 12.7. The zero-order valence-electron chi connectivity index (χ0n) is 9.95. The molecule has 0 aliphatic rings. The predicted octanol–water partition coefficient (Wildman–Crippen LogP) is 2.94. The molecular formula is C14H19N3. The molecule has 1 rings (SSSR count). The van der Waals surface area contributed by atoms with Crippen molar-refractivity contribution in [3.05, 3.63) is 48.1 Å². The van der Waals surface area contributed by atoms with Gasteiger partial charge in [0.25, 0.3) is 0 Å². The number of anilines is 2. The number of benzene rings is 1. The number of nitrogen functional groups attached to an aromatic ring is 2. The fourth-order valence-electron chi connectivity index (χ4n) is 1.62. The molecule has 90 valence electrons. The highest BCUT2D eigenvalue weighted by molar-refractivity contribution is 5.57. The Morgan fingerprint density at radius 3 is 2.71 bits per heavy atom. The SMILES string of the molecule is C=C/C(=C\CC=N)CCc1ccc(N)cc1N. The maximum absolute atomic E-state index is 6.99. The van der Waals surface area contributed by atoms with E-state index >= 15 is 0 Å². The number of allylic oxidation sites excluding steroid dienone is 3. The van der Waals surface area contributed by atoms with Gasteiger partial charge in [0.15, 0.2) is 0 Å². The monoisotopic (exact) mass is 229 g/mol. The third kappa shape index (κ3) is 4.15. The van der Waals surface area contributed by atoms with E-state index in [9.17, 15) is 0 Å². The first-order valence-corrected chi connectivity index (χ1v) is 5.61. The second-order valence-electron chi connectivity index (χ2n) is 3.88. The number of aryl methyl sites for hydroxylation is 1. The van der Waals surface area contributed by atoms with Crippen molar-refractivity contribution in [1.82, 2.24) is 0 Å². The van der Waals surface area contributed by atoms with Crippen LogP contribution in [-0.2, 0) is 6.42 Å². The summed E-state index contributed by atoms with van der Waals surface area (Å²) < 4.78 is 0. The van der Waals surface area contributed by atoms with E-state index in [2.05, 4.69) is 6.58 Å². The number of nitrogens with two attached hydrogens (primary N) is 2. The molecule has 0 saturated heterocycles. The molecule has 5 N–H and O–H groups in total. The number of rotatable bonds is 6. The van der Waals surface area contributed by atoms with Crippen molar-refractivity contribution in [2.45, 2.75) is 19.3 Å². The lowest BCUT2D eigenvalue weighted by Crippen LogP contribution is -1.97. The summed E-state index contributed by atoms with van der Waals surface area (Å²) in [4.78, 5) is 0. The summed E-state index contributed by atoms with van der Waals surface area (Å²) in [5.41, 5.74) is 15.2. The van der Waals surface area contributed by atoms with Crippen LogP contribution in [0.4, 0.5) is 11.4 Å². The standard InChI is InChI=1S/C14H19N3/c1-2-11(4-3-9-15)5-6-12-7-8-13(16)10-14(12)17/h2,4,7-10,15H,1,3,5-6,16-17H2/b11-4+,15-9?. The minimum atomic E-state index is 0.651. The van der Waals surface area contributed by atoms with E-state index in [0.717, 1.165) is 29.7 Å². The Kier molecular flexibility index (Phi) is 5.01. The molecule has 0 bridgehead atoms. The zero-order valence-corrected chi connectivity index (χ0v) is 9.95. The lowest BCUT2D eigenvalue weighted by molar-refractivity contribution is 0.964. The third-order valence-corrected chi connectivity index (χ3v) is 2.61. The van der Waals surface area contributed by atoms with Gasteiger partial charge in [0, 0.05) is 17.8 Å². The van der Waals surface area contributed by atoms with Gasteiger partial charge in [-0.3, -0.25) is 0 Å². The van der Waals surface area contributed by atoms with Crippen molar-refractivity contribution in [2.75, 3.05) is 11.5 Å². The van der Waals surface area contributed by atoms with Crippen molar-refractivity contribution >= 4 is 17.6 Å². The fraction of sp³-hybridized carbons (Fsp3) is 0.214. The van der Waals surface area contributed by atoms with Gasteiger partial charge in [0.05, 0.1) is 0 Å². The average Bonchev–Trinajstić information content (AvgIpc) is 2.31. The molecule has 3 nitrogen and oxygen atoms in total. The minimum Gasteiger partial charge on any atom is -0.399 e. The van der Waals surface area contributed by atoms with Crippen molar-refractivity contribution in [1.29, 1.82) is 5.41 Å². The number of hydrogen-bond acceptors (Lipinski definition) is 3. The molecule has 0 aliphatic heterocycles. The predicted molar refractivity (Wildman–Crippen MR) is 75.3 cm³/mol. The number of hydrogen-bond donors (Lipinski definition) is 3. The third-order valence-electron chi connectivity index (χ3n) is 2.61. The average molecular weight is 229 g/mol. The van der Waals surface area contributed by atoms with Crippen molar-refractivity contribution in [2.24, 2.45) is 0 Å². The van der Waals surface area contributed by atoms with Crippen molar-refractivity contribution in [3.63, 3.8) is 0 Å². The van der Waals surface area contributed by atoms with Gasteiger partial charge in [-0.1, -0.05) is 30.4 Å². The van der Waals surface area contributed by atoms with Gasteiger partial charge < -0.3 is 16.9 Å². The Hall–Kier alpha value is -2.03. The normalized spacial score (nSPS) is 11.2. The van der Waals surface area contributed by atoms with E-state index in [-0.39, 0.29) is 0 Å². The van der Waals surface area contributed by atoms with Crippen LogP contribution in [0.15, 0.2) is 42.5 Å². The first-order chi connectivity index (χ1) is 8.17. The lowest BCUT2D eigenvalue weighted by Gasteiger charge is -2.07. The minimum absolute atomic E-state index is 0.651. The van der Waals surface area contributed by atoms with Gasteiger partial charge in [-0.15, -0.1) is 0 Å². The van der Waals surface area contributed by atoms with Crippen LogP contribution in [0.1, 0.15) is 18.4 Å². The van der Waals surface area contributed by atoms with Gasteiger partial charge >= 0.3 is 0 Å². The highest BCUT2D eigenvalue weighted by atomic mass is 14.6. The van der Waals surface area contributed by atoms with E-state index in [4.69, 9.17) is 16.9 Å². The van der Waals surface area contributed by atoms with Crippen LogP contribution < -0.4 is 11.5 Å². The van der Waals surface area contributed by atoms with E-state index in [0.29, 0.717) is 12.1 Å². The van der Waals surface area contributed by atoms with E-state index in [1.54, 1.807) is 6.07 Å². The maximum Gasteiger partial charge on any atom is 0.0367 e. The van der Waals surface area contributed by atoms with Gasteiger partial charge in [0.2, 0.25) is 0 Å². The molecule has 0 unspecified atom stereocenters.